The van der Waals surface area contributed by atoms with Crippen LogP contribution < -0.4 is 0 Å². The highest BCUT2D eigenvalue weighted by atomic mass is 31.2. The van der Waals surface area contributed by atoms with Crippen LogP contribution in [0.4, 0.5) is 0 Å². The Bertz CT molecular complexity index is 346. The molecule has 0 N–H and O–H groups in total. The van der Waals surface area contributed by atoms with E-state index in [1.807, 2.05) is 13.2 Å². The topological polar surface area (TPSA) is 9.23 Å². The van der Waals surface area contributed by atoms with Crippen LogP contribution in [0.3, 0.4) is 0 Å². The van der Waals surface area contributed by atoms with Gasteiger partial charge in [0.15, 0.2) is 5.85 Å². The second-order valence-electron chi connectivity index (χ2n) is 4.56. The van der Waals surface area contributed by atoms with Crippen molar-refractivity contribution in [3.8, 4) is 0 Å². The zero-order chi connectivity index (χ0) is 13.4. The van der Waals surface area contributed by atoms with E-state index in [1.165, 1.54) is 24.0 Å². The average molecular weight is 265 g/mol. The van der Waals surface area contributed by atoms with Crippen LogP contribution in [0.1, 0.15) is 26.3 Å². The van der Waals surface area contributed by atoms with Crippen LogP contribution >= 0.6 is 7.26 Å². The Hall–Kier alpha value is -0.650. The van der Waals surface area contributed by atoms with Crippen molar-refractivity contribution in [3.63, 3.8) is 0 Å². The van der Waals surface area contributed by atoms with Crippen LogP contribution in [0.15, 0.2) is 36.4 Å². The Kier molecular flexibility index (Phi) is 6.60. The van der Waals surface area contributed by atoms with Crippen molar-refractivity contribution in [1.29, 1.82) is 0 Å². The molecule has 0 saturated heterocycles. The molecule has 0 radical (unpaired) electrons. The van der Waals surface area contributed by atoms with E-state index >= 15 is 0 Å². The number of hydrogen-bond acceptors (Lipinski definition) is 1. The summed E-state index contributed by atoms with van der Waals surface area (Å²) in [4.78, 5) is 0. The van der Waals surface area contributed by atoms with Crippen molar-refractivity contribution in [2.45, 2.75) is 26.6 Å². The lowest BCUT2D eigenvalue weighted by Crippen LogP contribution is -2.19. The maximum absolute atomic E-state index is 5.77. The number of benzene rings is 1. The molecule has 1 atom stereocenters. The van der Waals surface area contributed by atoms with Crippen LogP contribution in [-0.4, -0.2) is 31.4 Å². The van der Waals surface area contributed by atoms with E-state index in [4.69, 9.17) is 4.74 Å². The first-order valence-electron chi connectivity index (χ1n) is 6.84. The van der Waals surface area contributed by atoms with Gasteiger partial charge in [-0.05, 0) is 32.4 Å². The van der Waals surface area contributed by atoms with Crippen molar-refractivity contribution in [1.82, 2.24) is 0 Å². The Morgan fingerprint density at radius 2 is 1.61 bits per heavy atom. The second kappa shape index (κ2) is 7.71. The summed E-state index contributed by atoms with van der Waals surface area (Å²) in [6.45, 7) is 6.93. The molecule has 1 aromatic carbocycles. The lowest BCUT2D eigenvalue weighted by Gasteiger charge is -2.29. The summed E-state index contributed by atoms with van der Waals surface area (Å²) in [6.07, 6.45) is 8.25. The van der Waals surface area contributed by atoms with E-state index in [-0.39, 0.29) is 0 Å². The molecule has 0 aliphatic carbocycles. The molecule has 100 valence electrons. The van der Waals surface area contributed by atoms with Crippen LogP contribution in [0.25, 0.3) is 6.08 Å². The van der Waals surface area contributed by atoms with Crippen LogP contribution in [0, 0.1) is 0 Å². The molecule has 0 aliphatic heterocycles. The summed E-state index contributed by atoms with van der Waals surface area (Å²) in [5, 5.41) is 0. The van der Waals surface area contributed by atoms with Gasteiger partial charge < -0.3 is 4.74 Å². The summed E-state index contributed by atoms with van der Waals surface area (Å²) in [7, 11) is 0.848. The summed E-state index contributed by atoms with van der Waals surface area (Å²) >= 11 is 0. The number of rotatable bonds is 7. The minimum atomic E-state index is -0.995. The van der Waals surface area contributed by atoms with E-state index in [0.717, 1.165) is 0 Å². The molecule has 1 rings (SSSR count). The summed E-state index contributed by atoms with van der Waals surface area (Å²) < 4.78 is 5.77. The van der Waals surface area contributed by atoms with Crippen LogP contribution in [0.2, 0.25) is 0 Å². The zero-order valence-electron chi connectivity index (χ0n) is 12.1. The quantitative estimate of drug-likeness (QED) is 0.646. The van der Waals surface area contributed by atoms with Crippen LogP contribution in [0.5, 0.6) is 0 Å². The lowest BCUT2D eigenvalue weighted by atomic mass is 10.2. The fraction of sp³-hybridized carbons (Fsp3) is 0.500. The van der Waals surface area contributed by atoms with Gasteiger partial charge in [0.1, 0.15) is 0 Å². The zero-order valence-corrected chi connectivity index (χ0v) is 13.0. The molecule has 0 saturated carbocycles. The number of hydrogen-bond donors (Lipinski definition) is 0. The molecule has 0 spiro atoms. The van der Waals surface area contributed by atoms with Crippen molar-refractivity contribution >= 4 is 13.3 Å². The SMILES string of the molecule is CC[P+](CC)(CC)C(/C=C/c1ccccc1)OC. The molecule has 0 aromatic heterocycles. The van der Waals surface area contributed by atoms with Gasteiger partial charge in [-0.1, -0.05) is 36.4 Å². The molecular formula is C16H26OP+. The normalized spacial score (nSPS) is 14.0. The largest absolute Gasteiger partial charge is 0.344 e. The first-order chi connectivity index (χ1) is 8.72. The molecule has 0 aliphatic rings. The van der Waals surface area contributed by atoms with E-state index in [9.17, 15) is 0 Å². The van der Waals surface area contributed by atoms with Gasteiger partial charge in [-0.2, -0.15) is 0 Å². The first kappa shape index (κ1) is 15.4. The molecule has 2 heteroatoms. The maximum atomic E-state index is 5.77. The monoisotopic (exact) mass is 265 g/mol. The van der Waals surface area contributed by atoms with Crippen LogP contribution in [-0.2, 0) is 4.74 Å². The molecule has 1 aromatic rings. The van der Waals surface area contributed by atoms with Crippen molar-refractivity contribution in [2.75, 3.05) is 25.6 Å². The highest BCUT2D eigenvalue weighted by Crippen LogP contribution is 2.62. The van der Waals surface area contributed by atoms with Gasteiger partial charge in [0.2, 0.25) is 0 Å². The molecular weight excluding hydrogens is 239 g/mol. The van der Waals surface area contributed by atoms with E-state index in [1.54, 1.807) is 0 Å². The number of methoxy groups -OCH3 is 1. The van der Waals surface area contributed by atoms with Gasteiger partial charge in [-0.25, -0.2) is 0 Å². The summed E-state index contributed by atoms with van der Waals surface area (Å²) in [5.74, 6) is 0.303. The van der Waals surface area contributed by atoms with Gasteiger partial charge in [0.25, 0.3) is 0 Å². The molecule has 0 fully saturated rings. The Balaban J connectivity index is 2.87. The third kappa shape index (κ3) is 3.67. The Morgan fingerprint density at radius 3 is 2.06 bits per heavy atom. The average Bonchev–Trinajstić information content (AvgIpc) is 2.45. The van der Waals surface area contributed by atoms with Gasteiger partial charge in [0.05, 0.1) is 18.5 Å². The van der Waals surface area contributed by atoms with Gasteiger partial charge in [0, 0.05) is 14.4 Å². The third-order valence-corrected chi connectivity index (χ3v) is 9.16. The summed E-state index contributed by atoms with van der Waals surface area (Å²) in [5.41, 5.74) is 1.25. The fourth-order valence-corrected chi connectivity index (χ4v) is 5.77. The molecule has 1 unspecified atom stereocenters. The predicted octanol–water partition coefficient (Wildman–Crippen LogP) is 4.75. The van der Waals surface area contributed by atoms with Gasteiger partial charge >= 0.3 is 0 Å². The van der Waals surface area contributed by atoms with Crippen molar-refractivity contribution < 1.29 is 4.74 Å². The van der Waals surface area contributed by atoms with E-state index in [0.29, 0.717) is 5.85 Å². The molecule has 0 heterocycles. The predicted molar refractivity (Wildman–Crippen MR) is 84.8 cm³/mol. The minimum absolute atomic E-state index is 0.303. The van der Waals surface area contributed by atoms with Gasteiger partial charge in [-0.15, -0.1) is 0 Å². The highest BCUT2D eigenvalue weighted by Gasteiger charge is 2.39. The first-order valence-corrected chi connectivity index (χ1v) is 9.25. The van der Waals surface area contributed by atoms with Crippen molar-refractivity contribution in [3.05, 3.63) is 42.0 Å². The second-order valence-corrected chi connectivity index (χ2v) is 9.41. The standard InChI is InChI=1S/C16H26OP/c1-5-18(6-2,7-3)16(17-4)14-13-15-11-9-8-10-12-15/h8-14,16H,5-7H2,1-4H3/q+1/b14-13+. The number of ether oxygens (including phenoxy) is 1. The molecule has 18 heavy (non-hydrogen) atoms. The highest BCUT2D eigenvalue weighted by molar-refractivity contribution is 7.76. The third-order valence-electron chi connectivity index (χ3n) is 3.92. The van der Waals surface area contributed by atoms with E-state index in [2.05, 4.69) is 57.2 Å². The smallest absolute Gasteiger partial charge is 0.185 e. The van der Waals surface area contributed by atoms with Gasteiger partial charge in [-0.3, -0.25) is 0 Å². The Labute approximate surface area is 113 Å². The maximum Gasteiger partial charge on any atom is 0.185 e. The van der Waals surface area contributed by atoms with Crippen molar-refractivity contribution in [2.24, 2.45) is 0 Å². The van der Waals surface area contributed by atoms with E-state index < -0.39 is 7.26 Å². The fourth-order valence-electron chi connectivity index (χ4n) is 2.45. The summed E-state index contributed by atoms with van der Waals surface area (Å²) in [6, 6.07) is 10.5. The Morgan fingerprint density at radius 1 is 1.06 bits per heavy atom. The molecule has 0 amide bonds. The molecule has 0 bridgehead atoms. The molecule has 1 nitrogen and oxygen atoms in total. The minimum Gasteiger partial charge on any atom is -0.344 e. The lowest BCUT2D eigenvalue weighted by molar-refractivity contribution is 0.201.